The molecule has 6 rings (SSSR count). The standard InChI is InChI=1S/C24H24ClN7O2/c25-17-10-15(24(26)6-1-7-24)2-5-18(17)29-19-11-20(28-16-3-4-16)32-22(30-19)14(12-27-32)8-13-9-21(33)31-23(13)34/h2,5,8,10-12,16,28H,1,3-4,6-7,9,26H2,(H,29,30)(H,31,33,34)/b13-8+. The molecular formula is C24H24ClN7O2. The second-order valence-corrected chi connectivity index (χ2v) is 9.74. The van der Waals surface area contributed by atoms with Gasteiger partial charge in [0.2, 0.25) is 5.91 Å². The van der Waals surface area contributed by atoms with Crippen LogP contribution in [0.3, 0.4) is 0 Å². The van der Waals surface area contributed by atoms with Crippen LogP contribution >= 0.6 is 11.6 Å². The highest BCUT2D eigenvalue weighted by atomic mass is 35.5. The lowest BCUT2D eigenvalue weighted by Crippen LogP contribution is -2.43. The number of nitrogens with zero attached hydrogens (tertiary/aromatic N) is 3. The Balaban J connectivity index is 1.37. The molecule has 2 amide bonds. The number of amides is 2. The maximum Gasteiger partial charge on any atom is 0.254 e. The summed E-state index contributed by atoms with van der Waals surface area (Å²) in [4.78, 5) is 28.4. The lowest BCUT2D eigenvalue weighted by Gasteiger charge is -2.38. The molecule has 3 heterocycles. The highest BCUT2D eigenvalue weighted by molar-refractivity contribution is 6.33. The van der Waals surface area contributed by atoms with Gasteiger partial charge in [0.15, 0.2) is 5.65 Å². The second-order valence-electron chi connectivity index (χ2n) is 9.33. The summed E-state index contributed by atoms with van der Waals surface area (Å²) in [7, 11) is 0. The van der Waals surface area contributed by atoms with Crippen LogP contribution in [0.15, 0.2) is 36.0 Å². The van der Waals surface area contributed by atoms with Crippen molar-refractivity contribution in [3.05, 3.63) is 52.2 Å². The minimum Gasteiger partial charge on any atom is -0.367 e. The van der Waals surface area contributed by atoms with Gasteiger partial charge < -0.3 is 16.4 Å². The summed E-state index contributed by atoms with van der Waals surface area (Å²) in [5.74, 6) is 0.683. The van der Waals surface area contributed by atoms with Crippen LogP contribution in [-0.4, -0.2) is 32.5 Å². The first-order valence-corrected chi connectivity index (χ1v) is 11.8. The van der Waals surface area contributed by atoms with Gasteiger partial charge in [-0.25, -0.2) is 4.98 Å². The third-order valence-electron chi connectivity index (χ3n) is 6.71. The molecule has 0 radical (unpaired) electrons. The molecule has 3 fully saturated rings. The molecule has 1 aromatic carbocycles. The van der Waals surface area contributed by atoms with E-state index in [0.29, 0.717) is 33.7 Å². The van der Waals surface area contributed by atoms with Gasteiger partial charge in [-0.1, -0.05) is 17.7 Å². The van der Waals surface area contributed by atoms with Gasteiger partial charge in [0.05, 0.1) is 23.3 Å². The van der Waals surface area contributed by atoms with E-state index in [2.05, 4.69) is 21.0 Å². The lowest BCUT2D eigenvalue weighted by molar-refractivity contribution is -0.124. The smallest absolute Gasteiger partial charge is 0.254 e. The quantitative estimate of drug-likeness (QED) is 0.316. The molecule has 174 valence electrons. The van der Waals surface area contributed by atoms with E-state index in [-0.39, 0.29) is 23.8 Å². The second kappa shape index (κ2) is 7.82. The molecule has 2 saturated carbocycles. The van der Waals surface area contributed by atoms with Crippen LogP contribution in [0.1, 0.15) is 49.7 Å². The molecule has 0 atom stereocenters. The number of nitrogens with two attached hydrogens (primary N) is 1. The molecule has 1 aliphatic heterocycles. The highest BCUT2D eigenvalue weighted by Crippen LogP contribution is 2.41. The molecule has 3 aliphatic rings. The summed E-state index contributed by atoms with van der Waals surface area (Å²) in [5.41, 5.74) is 9.55. The zero-order valence-corrected chi connectivity index (χ0v) is 19.2. The Bertz CT molecular complexity index is 1370. The van der Waals surface area contributed by atoms with Gasteiger partial charge in [0.1, 0.15) is 11.6 Å². The predicted octanol–water partition coefficient (Wildman–Crippen LogP) is 3.47. The van der Waals surface area contributed by atoms with Crippen LogP contribution in [0.5, 0.6) is 0 Å². The average molecular weight is 478 g/mol. The van der Waals surface area contributed by atoms with Crippen molar-refractivity contribution in [2.45, 2.75) is 50.1 Å². The fraction of sp³-hybridized carbons (Fsp3) is 0.333. The van der Waals surface area contributed by atoms with E-state index in [1.54, 1.807) is 16.8 Å². The van der Waals surface area contributed by atoms with E-state index < -0.39 is 0 Å². The molecule has 0 unspecified atom stereocenters. The number of hydrogen-bond acceptors (Lipinski definition) is 7. The Hall–Kier alpha value is -3.43. The Morgan fingerprint density at radius 2 is 2.06 bits per heavy atom. The van der Waals surface area contributed by atoms with E-state index in [0.717, 1.165) is 49.2 Å². The van der Waals surface area contributed by atoms with Crippen molar-refractivity contribution in [2.75, 3.05) is 10.6 Å². The number of rotatable bonds is 6. The van der Waals surface area contributed by atoms with E-state index >= 15 is 0 Å². The van der Waals surface area contributed by atoms with Crippen LogP contribution in [0, 0.1) is 0 Å². The number of aromatic nitrogens is 3. The molecule has 34 heavy (non-hydrogen) atoms. The number of benzene rings is 1. The highest BCUT2D eigenvalue weighted by Gasteiger charge is 2.34. The van der Waals surface area contributed by atoms with Crippen LogP contribution in [0.2, 0.25) is 5.02 Å². The van der Waals surface area contributed by atoms with E-state index in [1.807, 2.05) is 24.3 Å². The van der Waals surface area contributed by atoms with Gasteiger partial charge in [-0.05, 0) is 55.9 Å². The number of carbonyl (C=O) groups excluding carboxylic acids is 2. The number of carbonyl (C=O) groups is 2. The van der Waals surface area contributed by atoms with Crippen molar-refractivity contribution >= 4 is 52.5 Å². The molecule has 2 aromatic heterocycles. The number of hydrogen-bond donors (Lipinski definition) is 4. The van der Waals surface area contributed by atoms with Crippen molar-refractivity contribution in [1.29, 1.82) is 0 Å². The predicted molar refractivity (Wildman–Crippen MR) is 130 cm³/mol. The number of halogens is 1. The summed E-state index contributed by atoms with van der Waals surface area (Å²) < 4.78 is 1.71. The van der Waals surface area contributed by atoms with Crippen molar-refractivity contribution < 1.29 is 9.59 Å². The van der Waals surface area contributed by atoms with Gasteiger partial charge in [0.25, 0.3) is 5.91 Å². The molecular weight excluding hydrogens is 454 g/mol. The molecule has 10 heteroatoms. The zero-order valence-electron chi connectivity index (χ0n) is 18.4. The zero-order chi connectivity index (χ0) is 23.4. The van der Waals surface area contributed by atoms with E-state index in [4.69, 9.17) is 22.3 Å². The third-order valence-corrected chi connectivity index (χ3v) is 7.02. The SMILES string of the molecule is NC1(c2ccc(Nc3cc(NC4CC4)n4ncc(/C=C5\CC(=O)NC5=O)c4n3)c(Cl)c2)CCC1. The monoisotopic (exact) mass is 477 g/mol. The largest absolute Gasteiger partial charge is 0.367 e. The van der Waals surface area contributed by atoms with Gasteiger partial charge in [-0.15, -0.1) is 0 Å². The Morgan fingerprint density at radius 1 is 1.24 bits per heavy atom. The molecule has 9 nitrogen and oxygen atoms in total. The molecule has 2 aliphatic carbocycles. The van der Waals surface area contributed by atoms with E-state index in [9.17, 15) is 9.59 Å². The van der Waals surface area contributed by atoms with Crippen LogP contribution in [-0.2, 0) is 15.1 Å². The molecule has 0 spiro atoms. The van der Waals surface area contributed by atoms with Crippen LogP contribution in [0.4, 0.5) is 17.3 Å². The van der Waals surface area contributed by atoms with Gasteiger partial charge in [0, 0.05) is 28.8 Å². The maximum atomic E-state index is 12.0. The lowest BCUT2D eigenvalue weighted by atomic mass is 9.73. The Morgan fingerprint density at radius 3 is 2.71 bits per heavy atom. The molecule has 5 N–H and O–H groups in total. The van der Waals surface area contributed by atoms with Crippen molar-refractivity contribution in [2.24, 2.45) is 5.73 Å². The minimum atomic E-state index is -0.383. The summed E-state index contributed by atoms with van der Waals surface area (Å²) >= 11 is 6.61. The first kappa shape index (κ1) is 21.1. The van der Waals surface area contributed by atoms with Crippen molar-refractivity contribution in [1.82, 2.24) is 19.9 Å². The summed E-state index contributed by atoms with van der Waals surface area (Å²) in [6, 6.07) is 8.16. The summed E-state index contributed by atoms with van der Waals surface area (Å²) in [6.45, 7) is 0. The van der Waals surface area contributed by atoms with Crippen molar-refractivity contribution in [3.8, 4) is 0 Å². The Kier molecular flexibility index (Phi) is 4.86. The van der Waals surface area contributed by atoms with Gasteiger partial charge in [-0.2, -0.15) is 9.61 Å². The average Bonchev–Trinajstić information content (AvgIpc) is 3.42. The Labute approximate surface area is 200 Å². The van der Waals surface area contributed by atoms with Crippen LogP contribution < -0.4 is 21.7 Å². The fourth-order valence-corrected chi connectivity index (χ4v) is 4.63. The third kappa shape index (κ3) is 3.80. The fourth-order valence-electron chi connectivity index (χ4n) is 4.40. The number of nitrogens with one attached hydrogen (secondary N) is 3. The summed E-state index contributed by atoms with van der Waals surface area (Å²) in [6.07, 6.45) is 8.62. The minimum absolute atomic E-state index is 0.0475. The van der Waals surface area contributed by atoms with Crippen molar-refractivity contribution in [3.63, 3.8) is 0 Å². The number of anilines is 3. The molecule has 0 bridgehead atoms. The normalized spacial score (nSPS) is 20.5. The number of imide groups is 1. The summed E-state index contributed by atoms with van der Waals surface area (Å²) in [5, 5.41) is 14.2. The number of fused-ring (bicyclic) bond motifs is 1. The van der Waals surface area contributed by atoms with Gasteiger partial charge >= 0.3 is 0 Å². The molecule has 1 saturated heterocycles. The molecule has 3 aromatic rings. The van der Waals surface area contributed by atoms with E-state index in [1.165, 1.54) is 0 Å². The van der Waals surface area contributed by atoms with Gasteiger partial charge in [-0.3, -0.25) is 14.9 Å². The first-order chi connectivity index (χ1) is 16.4. The van der Waals surface area contributed by atoms with Crippen LogP contribution in [0.25, 0.3) is 11.7 Å². The topological polar surface area (TPSA) is 126 Å². The maximum absolute atomic E-state index is 12.0. The first-order valence-electron chi connectivity index (χ1n) is 11.4.